The van der Waals surface area contributed by atoms with Crippen molar-refractivity contribution in [3.8, 4) is 0 Å². The molecule has 0 unspecified atom stereocenters. The summed E-state index contributed by atoms with van der Waals surface area (Å²) >= 11 is 0. The van der Waals surface area contributed by atoms with Gasteiger partial charge in [0.25, 0.3) is 0 Å². The molecule has 0 aromatic carbocycles. The van der Waals surface area contributed by atoms with Gasteiger partial charge in [-0.25, -0.2) is 9.97 Å². The van der Waals surface area contributed by atoms with Gasteiger partial charge >= 0.3 is 5.97 Å². The maximum atomic E-state index is 11.8. The van der Waals surface area contributed by atoms with Crippen molar-refractivity contribution in [3.63, 3.8) is 0 Å². The minimum atomic E-state index is -0.120. The quantitative estimate of drug-likeness (QED) is 0.189. The average Bonchev–Trinajstić information content (AvgIpc) is 2.87. The SMILES string of the molecule is CCCCCCCCCCCCCCCCNc1ncnc(N2CCC(C(=O)OC)CC2)c1N. The van der Waals surface area contributed by atoms with Crippen molar-refractivity contribution in [1.29, 1.82) is 0 Å². The molecule has 0 bridgehead atoms. The highest BCUT2D eigenvalue weighted by molar-refractivity contribution is 5.76. The monoisotopic (exact) mass is 475 g/mol. The van der Waals surface area contributed by atoms with Crippen molar-refractivity contribution < 1.29 is 9.53 Å². The van der Waals surface area contributed by atoms with Crippen molar-refractivity contribution in [2.45, 2.75) is 110 Å². The van der Waals surface area contributed by atoms with Gasteiger partial charge in [0.05, 0.1) is 13.0 Å². The van der Waals surface area contributed by atoms with E-state index in [1.807, 2.05) is 0 Å². The third kappa shape index (κ3) is 10.5. The van der Waals surface area contributed by atoms with E-state index in [1.54, 1.807) is 6.33 Å². The molecule has 0 radical (unpaired) electrons. The Bertz CT molecular complexity index is 677. The second kappa shape index (κ2) is 17.4. The number of anilines is 3. The Morgan fingerprint density at radius 2 is 1.47 bits per heavy atom. The highest BCUT2D eigenvalue weighted by atomic mass is 16.5. The van der Waals surface area contributed by atoms with E-state index < -0.39 is 0 Å². The first-order valence-corrected chi connectivity index (χ1v) is 13.8. The molecule has 1 saturated heterocycles. The molecule has 3 N–H and O–H groups in total. The van der Waals surface area contributed by atoms with E-state index in [4.69, 9.17) is 10.5 Å². The van der Waals surface area contributed by atoms with Gasteiger partial charge in [-0.2, -0.15) is 0 Å². The van der Waals surface area contributed by atoms with E-state index in [2.05, 4.69) is 27.1 Å². The molecule has 0 atom stereocenters. The Labute approximate surface area is 207 Å². The summed E-state index contributed by atoms with van der Waals surface area (Å²) < 4.78 is 4.87. The number of unbranched alkanes of at least 4 members (excludes halogenated alkanes) is 13. The van der Waals surface area contributed by atoms with Crippen molar-refractivity contribution in [2.24, 2.45) is 5.92 Å². The van der Waals surface area contributed by atoms with E-state index in [-0.39, 0.29) is 11.9 Å². The number of methoxy groups -OCH3 is 1. The van der Waals surface area contributed by atoms with Crippen LogP contribution in [0, 0.1) is 5.92 Å². The fraction of sp³-hybridized carbons (Fsp3) is 0.815. The largest absolute Gasteiger partial charge is 0.469 e. The Balaban J connectivity index is 1.52. The molecule has 1 fully saturated rings. The van der Waals surface area contributed by atoms with Crippen molar-refractivity contribution in [1.82, 2.24) is 9.97 Å². The number of nitrogens with one attached hydrogen (secondary N) is 1. The van der Waals surface area contributed by atoms with Gasteiger partial charge in [0.1, 0.15) is 12.0 Å². The first-order chi connectivity index (χ1) is 16.7. The Morgan fingerprint density at radius 1 is 0.941 bits per heavy atom. The zero-order chi connectivity index (χ0) is 24.4. The highest BCUT2D eigenvalue weighted by Gasteiger charge is 2.27. The minimum Gasteiger partial charge on any atom is -0.469 e. The first-order valence-electron chi connectivity index (χ1n) is 13.8. The van der Waals surface area contributed by atoms with Gasteiger partial charge in [-0.1, -0.05) is 90.4 Å². The van der Waals surface area contributed by atoms with Gasteiger partial charge in [-0.05, 0) is 19.3 Å². The lowest BCUT2D eigenvalue weighted by molar-refractivity contribution is -0.146. The van der Waals surface area contributed by atoms with Crippen LogP contribution in [0.25, 0.3) is 0 Å². The predicted octanol–water partition coefficient (Wildman–Crippen LogP) is 6.34. The number of nitrogen functional groups attached to an aromatic ring is 1. The number of rotatable bonds is 18. The van der Waals surface area contributed by atoms with Crippen LogP contribution in [0.15, 0.2) is 6.33 Å². The molecular formula is C27H49N5O2. The summed E-state index contributed by atoms with van der Waals surface area (Å²) in [6, 6.07) is 0. The van der Waals surface area contributed by atoms with Crippen LogP contribution in [0.2, 0.25) is 0 Å². The van der Waals surface area contributed by atoms with Crippen LogP contribution in [-0.4, -0.2) is 42.7 Å². The lowest BCUT2D eigenvalue weighted by Crippen LogP contribution is -2.37. The second-order valence-corrected chi connectivity index (χ2v) is 9.77. The topological polar surface area (TPSA) is 93.4 Å². The predicted molar refractivity (Wildman–Crippen MR) is 142 cm³/mol. The Kier molecular flexibility index (Phi) is 14.4. The molecule has 1 aliphatic heterocycles. The molecule has 1 aromatic heterocycles. The zero-order valence-corrected chi connectivity index (χ0v) is 21.8. The molecule has 7 heteroatoms. The number of carbonyl (C=O) groups excluding carboxylic acids is 1. The number of hydrogen-bond donors (Lipinski definition) is 2. The summed E-state index contributed by atoms with van der Waals surface area (Å²) in [5.74, 6) is 1.34. The number of aromatic nitrogens is 2. The van der Waals surface area contributed by atoms with Crippen LogP contribution in [0.5, 0.6) is 0 Å². The normalized spacial score (nSPS) is 14.4. The van der Waals surface area contributed by atoms with Crippen LogP contribution < -0.4 is 16.0 Å². The molecule has 0 aliphatic carbocycles. The molecule has 0 amide bonds. The Morgan fingerprint density at radius 3 is 2.00 bits per heavy atom. The lowest BCUT2D eigenvalue weighted by atomic mass is 9.97. The van der Waals surface area contributed by atoms with Gasteiger partial charge in [0, 0.05) is 19.6 Å². The zero-order valence-electron chi connectivity index (χ0n) is 21.8. The van der Waals surface area contributed by atoms with E-state index in [9.17, 15) is 4.79 Å². The number of nitrogens with two attached hydrogens (primary N) is 1. The number of nitrogens with zero attached hydrogens (tertiary/aromatic N) is 3. The molecule has 34 heavy (non-hydrogen) atoms. The van der Waals surface area contributed by atoms with Crippen molar-refractivity contribution in [2.75, 3.05) is 42.7 Å². The maximum Gasteiger partial charge on any atom is 0.308 e. The van der Waals surface area contributed by atoms with Gasteiger partial charge < -0.3 is 20.7 Å². The molecule has 2 rings (SSSR count). The molecule has 7 nitrogen and oxygen atoms in total. The molecule has 194 valence electrons. The summed E-state index contributed by atoms with van der Waals surface area (Å²) in [7, 11) is 1.45. The summed E-state index contributed by atoms with van der Waals surface area (Å²) in [6.07, 6.45) is 22.2. The Hall–Kier alpha value is -2.05. The highest BCUT2D eigenvalue weighted by Crippen LogP contribution is 2.30. The minimum absolute atomic E-state index is 0.0257. The van der Waals surface area contributed by atoms with Crippen LogP contribution in [-0.2, 0) is 9.53 Å². The van der Waals surface area contributed by atoms with Crippen molar-refractivity contribution in [3.05, 3.63) is 6.33 Å². The van der Waals surface area contributed by atoms with Crippen LogP contribution in [0.4, 0.5) is 17.3 Å². The number of esters is 1. The molecule has 0 saturated carbocycles. The van der Waals surface area contributed by atoms with E-state index in [1.165, 1.54) is 90.6 Å². The molecule has 0 spiro atoms. The first kappa shape index (κ1) is 28.2. The van der Waals surface area contributed by atoms with Crippen molar-refractivity contribution >= 4 is 23.3 Å². The van der Waals surface area contributed by atoms with Gasteiger partial charge in [0.2, 0.25) is 0 Å². The fourth-order valence-corrected chi connectivity index (χ4v) is 4.80. The van der Waals surface area contributed by atoms with Gasteiger partial charge in [-0.15, -0.1) is 0 Å². The number of carbonyl (C=O) groups is 1. The van der Waals surface area contributed by atoms with Crippen LogP contribution in [0.1, 0.15) is 110 Å². The fourth-order valence-electron chi connectivity index (χ4n) is 4.80. The van der Waals surface area contributed by atoms with Gasteiger partial charge in [0.15, 0.2) is 11.6 Å². The third-order valence-electron chi connectivity index (χ3n) is 7.01. The molecule has 2 heterocycles. The van der Waals surface area contributed by atoms with E-state index in [0.29, 0.717) is 5.69 Å². The third-order valence-corrected chi connectivity index (χ3v) is 7.01. The molecule has 1 aromatic rings. The summed E-state index contributed by atoms with van der Waals surface area (Å²) in [6.45, 7) is 4.66. The molecular weight excluding hydrogens is 426 g/mol. The van der Waals surface area contributed by atoms with Crippen LogP contribution in [0.3, 0.4) is 0 Å². The number of hydrogen-bond acceptors (Lipinski definition) is 7. The van der Waals surface area contributed by atoms with Crippen LogP contribution >= 0.6 is 0 Å². The summed E-state index contributed by atoms with van der Waals surface area (Å²) in [5.41, 5.74) is 6.98. The summed E-state index contributed by atoms with van der Waals surface area (Å²) in [5, 5.41) is 3.40. The van der Waals surface area contributed by atoms with E-state index in [0.717, 1.165) is 50.5 Å². The molecule has 1 aliphatic rings. The standard InChI is InChI=1S/C27H49N5O2/c1-3-4-5-6-7-8-9-10-11-12-13-14-15-16-19-29-25-24(28)26(31-22-30-25)32-20-17-23(18-21-32)27(33)34-2/h22-23H,3-21,28H2,1-2H3,(H,29,30,31). The lowest BCUT2D eigenvalue weighted by Gasteiger charge is -2.32. The van der Waals surface area contributed by atoms with E-state index >= 15 is 0 Å². The van der Waals surface area contributed by atoms with Gasteiger partial charge in [-0.3, -0.25) is 4.79 Å². The average molecular weight is 476 g/mol. The smallest absolute Gasteiger partial charge is 0.308 e. The number of ether oxygens (including phenoxy) is 1. The second-order valence-electron chi connectivity index (χ2n) is 9.77. The summed E-state index contributed by atoms with van der Waals surface area (Å²) in [4.78, 5) is 22.7. The number of piperidine rings is 1. The maximum absolute atomic E-state index is 11.8.